The van der Waals surface area contributed by atoms with Crippen molar-refractivity contribution >= 4 is 43.2 Å². The highest BCUT2D eigenvalue weighted by atomic mass is 79.9. The van der Waals surface area contributed by atoms with Crippen LogP contribution >= 0.6 is 27.5 Å². The van der Waals surface area contributed by atoms with Gasteiger partial charge in [-0.2, -0.15) is 4.31 Å². The second-order valence-electron chi connectivity index (χ2n) is 4.26. The third-order valence-corrected chi connectivity index (χ3v) is 5.94. The number of hydrogen-bond acceptors (Lipinski definition) is 3. The molecule has 0 saturated heterocycles. The lowest BCUT2D eigenvalue weighted by molar-refractivity contribution is 0.382. The van der Waals surface area contributed by atoms with Gasteiger partial charge in [0.1, 0.15) is 0 Å². The monoisotopic (exact) mass is 366 g/mol. The highest BCUT2D eigenvalue weighted by Crippen LogP contribution is 2.33. The van der Waals surface area contributed by atoms with E-state index in [0.29, 0.717) is 4.47 Å². The standard InChI is InChI=1S/C12H16BrClN2O2S/c1-4-5-16(8(2)3)19(17,18)11-7-9(14)6-10(15)12(11)13/h4,6-8H,1,5,15H2,2-3H3. The maximum atomic E-state index is 12.6. The number of sulfonamides is 1. The zero-order chi connectivity index (χ0) is 14.8. The molecular formula is C12H16BrClN2O2S. The minimum absolute atomic E-state index is 0.0630. The Bertz CT molecular complexity index is 588. The van der Waals surface area contributed by atoms with Crippen molar-refractivity contribution in [1.82, 2.24) is 4.31 Å². The molecule has 106 valence electrons. The van der Waals surface area contributed by atoms with E-state index >= 15 is 0 Å². The lowest BCUT2D eigenvalue weighted by Gasteiger charge is -2.25. The van der Waals surface area contributed by atoms with Gasteiger partial charge in [0.05, 0.1) is 9.37 Å². The van der Waals surface area contributed by atoms with Crippen LogP contribution in [0.4, 0.5) is 5.69 Å². The van der Waals surface area contributed by atoms with Crippen LogP contribution in [0.1, 0.15) is 13.8 Å². The first-order chi connectivity index (χ1) is 8.71. The van der Waals surface area contributed by atoms with Gasteiger partial charge in [-0.15, -0.1) is 6.58 Å². The molecule has 4 nitrogen and oxygen atoms in total. The van der Waals surface area contributed by atoms with Gasteiger partial charge >= 0.3 is 0 Å². The van der Waals surface area contributed by atoms with E-state index in [1.165, 1.54) is 16.4 Å². The first-order valence-electron chi connectivity index (χ1n) is 5.59. The number of nitrogens with zero attached hydrogens (tertiary/aromatic N) is 1. The lowest BCUT2D eigenvalue weighted by Crippen LogP contribution is -2.37. The molecule has 0 aromatic heterocycles. The van der Waals surface area contributed by atoms with E-state index in [4.69, 9.17) is 17.3 Å². The van der Waals surface area contributed by atoms with E-state index in [0.717, 1.165) is 0 Å². The van der Waals surface area contributed by atoms with Crippen LogP contribution in [0.3, 0.4) is 0 Å². The third-order valence-electron chi connectivity index (χ3n) is 2.50. The maximum absolute atomic E-state index is 12.6. The highest BCUT2D eigenvalue weighted by molar-refractivity contribution is 9.10. The molecule has 0 saturated carbocycles. The average molecular weight is 368 g/mol. The van der Waals surface area contributed by atoms with Crippen LogP contribution in [0.2, 0.25) is 5.02 Å². The van der Waals surface area contributed by atoms with Crippen LogP contribution in [0.5, 0.6) is 0 Å². The summed E-state index contributed by atoms with van der Waals surface area (Å²) in [6, 6.07) is 2.68. The fourth-order valence-electron chi connectivity index (χ4n) is 1.61. The molecule has 0 atom stereocenters. The number of benzene rings is 1. The van der Waals surface area contributed by atoms with E-state index in [1.54, 1.807) is 19.9 Å². The molecule has 0 radical (unpaired) electrons. The van der Waals surface area contributed by atoms with E-state index in [-0.39, 0.29) is 28.2 Å². The molecule has 2 N–H and O–H groups in total. The molecular weight excluding hydrogens is 352 g/mol. The first kappa shape index (κ1) is 16.5. The Hall–Kier alpha value is -0.560. The predicted molar refractivity (Wildman–Crippen MR) is 82.8 cm³/mol. The summed E-state index contributed by atoms with van der Waals surface area (Å²) in [5.74, 6) is 0. The van der Waals surface area contributed by atoms with Gasteiger partial charge in [0.15, 0.2) is 0 Å². The van der Waals surface area contributed by atoms with Crippen LogP contribution in [-0.4, -0.2) is 25.3 Å². The smallest absolute Gasteiger partial charge is 0.244 e. The Labute approximate surface area is 127 Å². The number of anilines is 1. The molecule has 0 amide bonds. The Balaban J connectivity index is 3.45. The molecule has 0 spiro atoms. The number of nitrogens with two attached hydrogens (primary N) is 1. The van der Waals surface area contributed by atoms with Gasteiger partial charge in [-0.25, -0.2) is 8.42 Å². The lowest BCUT2D eigenvalue weighted by atomic mass is 10.3. The van der Waals surface area contributed by atoms with Crippen molar-refractivity contribution in [1.29, 1.82) is 0 Å². The van der Waals surface area contributed by atoms with Gasteiger partial charge in [-0.3, -0.25) is 0 Å². The third kappa shape index (κ3) is 3.51. The van der Waals surface area contributed by atoms with E-state index < -0.39 is 10.0 Å². The molecule has 0 fully saturated rings. The van der Waals surface area contributed by atoms with Gasteiger partial charge in [0.25, 0.3) is 0 Å². The fourth-order valence-corrected chi connectivity index (χ4v) is 4.48. The number of rotatable bonds is 5. The van der Waals surface area contributed by atoms with E-state index in [9.17, 15) is 8.42 Å². The topological polar surface area (TPSA) is 63.4 Å². The molecule has 0 bridgehead atoms. The molecule has 0 aliphatic heterocycles. The Morgan fingerprint density at radius 2 is 2.11 bits per heavy atom. The quantitative estimate of drug-likeness (QED) is 0.641. The normalized spacial score (nSPS) is 12.1. The molecule has 0 aliphatic carbocycles. The SMILES string of the molecule is C=CCN(C(C)C)S(=O)(=O)c1cc(Cl)cc(N)c1Br. The molecule has 19 heavy (non-hydrogen) atoms. The summed E-state index contributed by atoms with van der Waals surface area (Å²) in [4.78, 5) is 0.0630. The summed E-state index contributed by atoms with van der Waals surface area (Å²) in [5.41, 5.74) is 6.02. The second-order valence-corrected chi connectivity index (χ2v) is 7.35. The maximum Gasteiger partial charge on any atom is 0.244 e. The van der Waals surface area contributed by atoms with Crippen molar-refractivity contribution in [3.8, 4) is 0 Å². The zero-order valence-corrected chi connectivity index (χ0v) is 13.9. The van der Waals surface area contributed by atoms with Crippen molar-refractivity contribution in [2.24, 2.45) is 0 Å². The van der Waals surface area contributed by atoms with E-state index in [2.05, 4.69) is 22.5 Å². The van der Waals surface area contributed by atoms with Crippen molar-refractivity contribution < 1.29 is 8.42 Å². The first-order valence-corrected chi connectivity index (χ1v) is 8.20. The summed E-state index contributed by atoms with van der Waals surface area (Å²) in [6.07, 6.45) is 1.54. The minimum Gasteiger partial charge on any atom is -0.398 e. The van der Waals surface area contributed by atoms with Crippen molar-refractivity contribution in [2.75, 3.05) is 12.3 Å². The van der Waals surface area contributed by atoms with Crippen molar-refractivity contribution in [2.45, 2.75) is 24.8 Å². The Morgan fingerprint density at radius 3 is 2.58 bits per heavy atom. The molecule has 0 heterocycles. The highest BCUT2D eigenvalue weighted by Gasteiger charge is 2.29. The van der Waals surface area contributed by atoms with Crippen LogP contribution in [0.15, 0.2) is 34.2 Å². The van der Waals surface area contributed by atoms with Gasteiger partial charge in [-0.1, -0.05) is 17.7 Å². The number of halogens is 2. The predicted octanol–water partition coefficient (Wildman–Crippen LogP) is 3.27. The molecule has 0 aliphatic rings. The van der Waals surface area contributed by atoms with Crippen LogP contribution in [0.25, 0.3) is 0 Å². The van der Waals surface area contributed by atoms with Gasteiger partial charge < -0.3 is 5.73 Å². The van der Waals surface area contributed by atoms with Gasteiger partial charge in [-0.05, 0) is 41.9 Å². The molecule has 1 aromatic rings. The minimum atomic E-state index is -3.69. The van der Waals surface area contributed by atoms with Crippen LogP contribution < -0.4 is 5.73 Å². The summed E-state index contributed by atoms with van der Waals surface area (Å²) < 4.78 is 26.9. The fraction of sp³-hybridized carbons (Fsp3) is 0.333. The summed E-state index contributed by atoms with van der Waals surface area (Å²) in [7, 11) is -3.69. The number of hydrogen-bond donors (Lipinski definition) is 1. The Morgan fingerprint density at radius 1 is 1.53 bits per heavy atom. The number of nitrogen functional groups attached to an aromatic ring is 1. The molecule has 7 heteroatoms. The molecule has 1 aromatic carbocycles. The zero-order valence-electron chi connectivity index (χ0n) is 10.7. The van der Waals surface area contributed by atoms with Crippen molar-refractivity contribution in [3.05, 3.63) is 34.3 Å². The molecule has 0 unspecified atom stereocenters. The van der Waals surface area contributed by atoms with Gasteiger partial charge in [0, 0.05) is 23.3 Å². The average Bonchev–Trinajstić information content (AvgIpc) is 2.29. The van der Waals surface area contributed by atoms with Gasteiger partial charge in [0.2, 0.25) is 10.0 Å². The van der Waals surface area contributed by atoms with E-state index in [1.807, 2.05) is 0 Å². The summed E-state index contributed by atoms with van der Waals surface area (Å²) in [5, 5.41) is 0.279. The Kier molecular flexibility index (Phi) is 5.43. The second kappa shape index (κ2) is 6.26. The van der Waals surface area contributed by atoms with Crippen LogP contribution in [0, 0.1) is 0 Å². The van der Waals surface area contributed by atoms with Crippen LogP contribution in [-0.2, 0) is 10.0 Å². The summed E-state index contributed by atoms with van der Waals surface area (Å²) in [6.45, 7) is 7.39. The largest absolute Gasteiger partial charge is 0.398 e. The summed E-state index contributed by atoms with van der Waals surface area (Å²) >= 11 is 9.09. The van der Waals surface area contributed by atoms with Crippen molar-refractivity contribution in [3.63, 3.8) is 0 Å². The molecule has 1 rings (SSSR count).